The van der Waals surface area contributed by atoms with Gasteiger partial charge in [0, 0.05) is 24.2 Å². The molecule has 0 saturated heterocycles. The Balaban J connectivity index is 2.18. The number of anilines is 1. The zero-order valence-electron chi connectivity index (χ0n) is 10.5. The molecule has 2 heterocycles. The Morgan fingerprint density at radius 3 is 2.90 bits per heavy atom. The topological polar surface area (TPSA) is 110 Å². The monoisotopic (exact) mass is 293 g/mol. The molecule has 2 rings (SSSR count). The van der Waals surface area contributed by atoms with Gasteiger partial charge in [0.05, 0.1) is 22.5 Å². The first kappa shape index (κ1) is 13.9. The van der Waals surface area contributed by atoms with Gasteiger partial charge >= 0.3 is 0 Å². The third-order valence-corrected chi connectivity index (χ3v) is 3.25. The molecule has 0 aromatic carbocycles. The second-order valence-corrected chi connectivity index (χ2v) is 4.72. The lowest BCUT2D eigenvalue weighted by Gasteiger charge is -2.08. The van der Waals surface area contributed by atoms with Crippen LogP contribution < -0.4 is 10.6 Å². The van der Waals surface area contributed by atoms with E-state index in [0.717, 1.165) is 11.1 Å². The smallest absolute Gasteiger partial charge is 0.288 e. The summed E-state index contributed by atoms with van der Waals surface area (Å²) in [5, 5.41) is 16.1. The van der Waals surface area contributed by atoms with Crippen molar-refractivity contribution in [3.05, 3.63) is 44.5 Å². The average Bonchev–Trinajstić information content (AvgIpc) is 2.97. The number of carbonyl (C=O) groups excluding carboxylic acids is 1. The van der Waals surface area contributed by atoms with Gasteiger partial charge in [-0.2, -0.15) is 0 Å². The van der Waals surface area contributed by atoms with E-state index in [9.17, 15) is 14.9 Å². The summed E-state index contributed by atoms with van der Waals surface area (Å²) in [6, 6.07) is 1.20. The maximum atomic E-state index is 12.1. The lowest BCUT2D eigenvalue weighted by atomic mass is 10.2. The van der Waals surface area contributed by atoms with Crippen molar-refractivity contribution in [1.82, 2.24) is 15.3 Å². The molecule has 0 spiro atoms. The third-order valence-electron chi connectivity index (χ3n) is 2.47. The van der Waals surface area contributed by atoms with Gasteiger partial charge < -0.3 is 10.6 Å². The highest BCUT2D eigenvalue weighted by Crippen LogP contribution is 2.18. The van der Waals surface area contributed by atoms with E-state index in [1.165, 1.54) is 17.4 Å². The Morgan fingerprint density at radius 2 is 2.30 bits per heavy atom. The van der Waals surface area contributed by atoms with Crippen molar-refractivity contribution in [3.63, 3.8) is 0 Å². The summed E-state index contributed by atoms with van der Waals surface area (Å²) in [6.07, 6.45) is 2.75. The molecule has 2 aromatic heterocycles. The number of nitrogens with zero attached hydrogens (tertiary/aromatic N) is 3. The van der Waals surface area contributed by atoms with Crippen LogP contribution >= 0.6 is 11.3 Å². The van der Waals surface area contributed by atoms with Crippen LogP contribution in [-0.4, -0.2) is 27.8 Å². The van der Waals surface area contributed by atoms with E-state index in [0.29, 0.717) is 6.54 Å². The van der Waals surface area contributed by atoms with Gasteiger partial charge in [-0.15, -0.1) is 11.3 Å². The highest BCUT2D eigenvalue weighted by molar-refractivity contribution is 7.09. The minimum absolute atomic E-state index is 0.131. The summed E-state index contributed by atoms with van der Waals surface area (Å²) >= 11 is 1.41. The molecular formula is C11H11N5O3S. The highest BCUT2D eigenvalue weighted by Gasteiger charge is 2.17. The van der Waals surface area contributed by atoms with Crippen molar-refractivity contribution < 1.29 is 9.72 Å². The first-order valence-electron chi connectivity index (χ1n) is 5.59. The van der Waals surface area contributed by atoms with Crippen LogP contribution in [0.25, 0.3) is 0 Å². The summed E-state index contributed by atoms with van der Waals surface area (Å²) in [5.41, 5.74) is 1.56. The van der Waals surface area contributed by atoms with Crippen LogP contribution in [0, 0.1) is 10.1 Å². The molecular weight excluding hydrogens is 282 g/mol. The SMILES string of the molecule is CNc1ncc([N+](=O)[O-])cc1C(=O)NCc1cncs1. The van der Waals surface area contributed by atoms with Gasteiger partial charge in [0.1, 0.15) is 12.0 Å². The summed E-state index contributed by atoms with van der Waals surface area (Å²) in [7, 11) is 1.59. The zero-order chi connectivity index (χ0) is 14.5. The Morgan fingerprint density at radius 1 is 1.50 bits per heavy atom. The predicted molar refractivity (Wildman–Crippen MR) is 73.7 cm³/mol. The molecule has 104 valence electrons. The number of hydrogen-bond donors (Lipinski definition) is 2. The lowest BCUT2D eigenvalue weighted by Crippen LogP contribution is -2.23. The van der Waals surface area contributed by atoms with Gasteiger partial charge in [0.2, 0.25) is 0 Å². The molecule has 9 heteroatoms. The molecule has 0 saturated carbocycles. The Hall–Kier alpha value is -2.55. The first-order chi connectivity index (χ1) is 9.61. The van der Waals surface area contributed by atoms with E-state index in [4.69, 9.17) is 0 Å². The summed E-state index contributed by atoms with van der Waals surface area (Å²) in [5.74, 6) is -0.142. The van der Waals surface area contributed by atoms with Gasteiger partial charge in [-0.3, -0.25) is 19.9 Å². The van der Waals surface area contributed by atoms with Crippen molar-refractivity contribution in [2.24, 2.45) is 0 Å². The van der Waals surface area contributed by atoms with E-state index in [-0.39, 0.29) is 17.1 Å². The summed E-state index contributed by atoms with van der Waals surface area (Å²) in [4.78, 5) is 30.9. The average molecular weight is 293 g/mol. The zero-order valence-corrected chi connectivity index (χ0v) is 11.3. The van der Waals surface area contributed by atoms with E-state index >= 15 is 0 Å². The van der Waals surface area contributed by atoms with Crippen molar-refractivity contribution in [2.45, 2.75) is 6.54 Å². The molecule has 0 atom stereocenters. The summed E-state index contributed by atoms with van der Waals surface area (Å²) in [6.45, 7) is 0.315. The van der Waals surface area contributed by atoms with Crippen molar-refractivity contribution in [3.8, 4) is 0 Å². The molecule has 0 aliphatic rings. The van der Waals surface area contributed by atoms with E-state index in [1.807, 2.05) is 0 Å². The largest absolute Gasteiger partial charge is 0.372 e. The number of carbonyl (C=O) groups is 1. The van der Waals surface area contributed by atoms with Crippen LogP contribution in [0.3, 0.4) is 0 Å². The molecule has 0 fully saturated rings. The number of amides is 1. The molecule has 2 aromatic rings. The molecule has 0 aliphatic carbocycles. The van der Waals surface area contributed by atoms with Crippen molar-refractivity contribution in [1.29, 1.82) is 0 Å². The molecule has 8 nitrogen and oxygen atoms in total. The fraction of sp³-hybridized carbons (Fsp3) is 0.182. The van der Waals surface area contributed by atoms with Crippen LogP contribution in [0.2, 0.25) is 0 Å². The van der Waals surface area contributed by atoms with Crippen LogP contribution in [0.4, 0.5) is 11.5 Å². The second-order valence-electron chi connectivity index (χ2n) is 3.75. The minimum Gasteiger partial charge on any atom is -0.372 e. The van der Waals surface area contributed by atoms with Crippen LogP contribution in [-0.2, 0) is 6.54 Å². The van der Waals surface area contributed by atoms with Gasteiger partial charge in [-0.25, -0.2) is 4.98 Å². The normalized spacial score (nSPS) is 10.1. The Kier molecular flexibility index (Phi) is 4.20. The number of nitro groups is 1. The number of pyridine rings is 1. The van der Waals surface area contributed by atoms with Crippen LogP contribution in [0.5, 0.6) is 0 Å². The molecule has 2 N–H and O–H groups in total. The van der Waals surface area contributed by atoms with Crippen molar-refractivity contribution >= 4 is 28.7 Å². The number of hydrogen-bond acceptors (Lipinski definition) is 7. The number of nitrogens with one attached hydrogen (secondary N) is 2. The number of thiazole rings is 1. The maximum Gasteiger partial charge on any atom is 0.288 e. The standard InChI is InChI=1S/C11H11N5O3S/c1-12-10-9(2-7(3-14-10)16(18)19)11(17)15-5-8-4-13-6-20-8/h2-4,6H,5H2,1H3,(H,12,14)(H,15,17). The fourth-order valence-corrected chi connectivity index (χ4v) is 2.05. The van der Waals surface area contributed by atoms with Gasteiger partial charge in [-0.1, -0.05) is 0 Å². The number of aromatic nitrogens is 2. The molecule has 0 bridgehead atoms. The van der Waals surface area contributed by atoms with Crippen LogP contribution in [0.15, 0.2) is 24.0 Å². The van der Waals surface area contributed by atoms with E-state index < -0.39 is 10.8 Å². The van der Waals surface area contributed by atoms with E-state index in [1.54, 1.807) is 18.8 Å². The lowest BCUT2D eigenvalue weighted by molar-refractivity contribution is -0.385. The summed E-state index contributed by atoms with van der Waals surface area (Å²) < 4.78 is 0. The van der Waals surface area contributed by atoms with Gasteiger partial charge in [0.25, 0.3) is 11.6 Å². The second kappa shape index (κ2) is 6.06. The maximum absolute atomic E-state index is 12.1. The van der Waals surface area contributed by atoms with Crippen molar-refractivity contribution in [2.75, 3.05) is 12.4 Å². The molecule has 0 radical (unpaired) electrons. The quantitative estimate of drug-likeness (QED) is 0.637. The van der Waals surface area contributed by atoms with E-state index in [2.05, 4.69) is 20.6 Å². The van der Waals surface area contributed by atoms with Gasteiger partial charge in [0.15, 0.2) is 0 Å². The van der Waals surface area contributed by atoms with Gasteiger partial charge in [-0.05, 0) is 0 Å². The molecule has 0 unspecified atom stereocenters. The predicted octanol–water partition coefficient (Wildman–Crippen LogP) is 1.42. The minimum atomic E-state index is -0.591. The molecule has 1 amide bonds. The molecule has 0 aliphatic heterocycles. The Bertz CT molecular complexity index is 629. The highest BCUT2D eigenvalue weighted by atomic mass is 32.1. The van der Waals surface area contributed by atoms with Crippen LogP contribution in [0.1, 0.15) is 15.2 Å². The Labute approximate surface area is 118 Å². The number of rotatable bonds is 5. The first-order valence-corrected chi connectivity index (χ1v) is 6.47. The fourth-order valence-electron chi connectivity index (χ4n) is 1.52. The third kappa shape index (κ3) is 3.06. The molecule has 20 heavy (non-hydrogen) atoms.